The minimum Gasteiger partial charge on any atom is -0.495 e. The van der Waals surface area contributed by atoms with Crippen LogP contribution in [0.4, 0.5) is 0 Å². The van der Waals surface area contributed by atoms with Gasteiger partial charge in [-0.25, -0.2) is 14.3 Å². The van der Waals surface area contributed by atoms with Crippen molar-refractivity contribution in [3.63, 3.8) is 0 Å². The Labute approximate surface area is 161 Å². The highest BCUT2D eigenvalue weighted by molar-refractivity contribution is 5.83. The van der Waals surface area contributed by atoms with E-state index in [9.17, 15) is 14.4 Å². The number of methoxy groups -OCH3 is 1. The van der Waals surface area contributed by atoms with Crippen LogP contribution in [0.15, 0.2) is 40.1 Å². The fourth-order valence-corrected chi connectivity index (χ4v) is 3.03. The molecule has 2 heterocycles. The number of aromatic nitrogens is 3. The zero-order chi connectivity index (χ0) is 20.4. The Balaban J connectivity index is 1.94. The predicted octanol–water partition coefficient (Wildman–Crippen LogP) is 1.04. The van der Waals surface area contributed by atoms with Crippen molar-refractivity contribution in [2.75, 3.05) is 7.11 Å². The largest absolute Gasteiger partial charge is 0.495 e. The molecule has 2 aromatic heterocycles. The zero-order valence-electron chi connectivity index (χ0n) is 16.3. The van der Waals surface area contributed by atoms with E-state index in [0.717, 1.165) is 15.7 Å². The number of fused-ring (bicyclic) bond motifs is 1. The second kappa shape index (κ2) is 7.67. The van der Waals surface area contributed by atoms with Gasteiger partial charge in [0.25, 0.3) is 5.56 Å². The van der Waals surface area contributed by atoms with E-state index < -0.39 is 17.2 Å². The van der Waals surface area contributed by atoms with Gasteiger partial charge in [-0.2, -0.15) is 0 Å². The number of hydrogen-bond donors (Lipinski definition) is 1. The number of aryl methyl sites for hydroxylation is 3. The van der Waals surface area contributed by atoms with E-state index in [4.69, 9.17) is 4.74 Å². The first-order chi connectivity index (χ1) is 13.3. The molecule has 0 fully saturated rings. The summed E-state index contributed by atoms with van der Waals surface area (Å²) in [6.07, 6.45) is 1.54. The van der Waals surface area contributed by atoms with Gasteiger partial charge in [0.15, 0.2) is 5.65 Å². The molecular formula is C20H22N4O4. The Hall–Kier alpha value is -3.42. The predicted molar refractivity (Wildman–Crippen MR) is 106 cm³/mol. The molecule has 0 saturated carbocycles. The highest BCUT2D eigenvalue weighted by Crippen LogP contribution is 2.23. The molecule has 1 aromatic carbocycles. The van der Waals surface area contributed by atoms with Crippen molar-refractivity contribution in [2.24, 2.45) is 7.05 Å². The Morgan fingerprint density at radius 1 is 1.18 bits per heavy atom. The van der Waals surface area contributed by atoms with Crippen LogP contribution in [-0.4, -0.2) is 27.1 Å². The smallest absolute Gasteiger partial charge is 0.332 e. The molecule has 0 aliphatic carbocycles. The summed E-state index contributed by atoms with van der Waals surface area (Å²) >= 11 is 0. The van der Waals surface area contributed by atoms with E-state index in [0.29, 0.717) is 17.9 Å². The second-order valence-electron chi connectivity index (χ2n) is 6.67. The van der Waals surface area contributed by atoms with E-state index in [1.165, 1.54) is 18.7 Å². The summed E-state index contributed by atoms with van der Waals surface area (Å²) in [5.74, 6) is -0.0851. The first-order valence-electron chi connectivity index (χ1n) is 8.79. The molecule has 0 atom stereocenters. The summed E-state index contributed by atoms with van der Waals surface area (Å²) in [6, 6.07) is 7.73. The average molecular weight is 382 g/mol. The van der Waals surface area contributed by atoms with E-state index >= 15 is 0 Å². The molecule has 1 N–H and O–H groups in total. The van der Waals surface area contributed by atoms with Crippen LogP contribution in [0.25, 0.3) is 11.0 Å². The van der Waals surface area contributed by atoms with Crippen molar-refractivity contribution in [1.29, 1.82) is 0 Å². The maximum absolute atomic E-state index is 12.9. The number of amides is 1. The van der Waals surface area contributed by atoms with Crippen LogP contribution in [-0.2, 0) is 24.9 Å². The van der Waals surface area contributed by atoms with Crippen molar-refractivity contribution in [3.8, 4) is 5.75 Å². The van der Waals surface area contributed by atoms with Gasteiger partial charge in [0.05, 0.1) is 7.11 Å². The number of rotatable bonds is 5. The summed E-state index contributed by atoms with van der Waals surface area (Å²) in [5.41, 5.74) is 1.73. The lowest BCUT2D eigenvalue weighted by Crippen LogP contribution is -2.43. The van der Waals surface area contributed by atoms with E-state index in [1.807, 2.05) is 31.2 Å². The van der Waals surface area contributed by atoms with E-state index in [1.54, 1.807) is 13.1 Å². The molecule has 8 nitrogen and oxygen atoms in total. The molecule has 1 amide bonds. The third-order valence-corrected chi connectivity index (χ3v) is 4.60. The summed E-state index contributed by atoms with van der Waals surface area (Å²) in [5, 5.41) is 2.91. The number of benzene rings is 1. The highest BCUT2D eigenvalue weighted by atomic mass is 16.5. The Morgan fingerprint density at radius 2 is 1.86 bits per heavy atom. The maximum atomic E-state index is 12.9. The molecular weight excluding hydrogens is 360 g/mol. The van der Waals surface area contributed by atoms with Gasteiger partial charge in [-0.1, -0.05) is 29.8 Å². The van der Waals surface area contributed by atoms with Gasteiger partial charge in [0.1, 0.15) is 17.7 Å². The standard InChI is InChI=1S/C20H22N4O4/c1-12-5-7-14(8-6-12)10-21-15(25)11-24-19(26)16-17(28-4)13(2)9-22-18(16)23(3)20(24)27/h5-9H,10-11H2,1-4H3,(H,21,25). The summed E-state index contributed by atoms with van der Waals surface area (Å²) in [4.78, 5) is 42.1. The van der Waals surface area contributed by atoms with Crippen LogP contribution in [0.3, 0.4) is 0 Å². The third kappa shape index (κ3) is 3.53. The summed E-state index contributed by atoms with van der Waals surface area (Å²) in [6.45, 7) is 3.67. The lowest BCUT2D eigenvalue weighted by molar-refractivity contribution is -0.121. The number of nitrogens with one attached hydrogen (secondary N) is 1. The van der Waals surface area contributed by atoms with Crippen LogP contribution >= 0.6 is 0 Å². The molecule has 0 radical (unpaired) electrons. The topological polar surface area (TPSA) is 95.2 Å². The highest BCUT2D eigenvalue weighted by Gasteiger charge is 2.19. The Bertz CT molecular complexity index is 1160. The third-order valence-electron chi connectivity index (χ3n) is 4.60. The Morgan fingerprint density at radius 3 is 2.50 bits per heavy atom. The van der Waals surface area contributed by atoms with Crippen molar-refractivity contribution in [2.45, 2.75) is 26.9 Å². The minimum atomic E-state index is -0.610. The number of nitrogens with zero attached hydrogens (tertiary/aromatic N) is 3. The molecule has 0 aliphatic heterocycles. The quantitative estimate of drug-likeness (QED) is 0.711. The lowest BCUT2D eigenvalue weighted by Gasteiger charge is -2.13. The molecule has 0 bridgehead atoms. The Kier molecular flexibility index (Phi) is 5.30. The van der Waals surface area contributed by atoms with Crippen LogP contribution in [0.1, 0.15) is 16.7 Å². The molecule has 0 spiro atoms. The fourth-order valence-electron chi connectivity index (χ4n) is 3.03. The normalized spacial score (nSPS) is 10.9. The van der Waals surface area contributed by atoms with Crippen molar-refractivity contribution in [1.82, 2.24) is 19.4 Å². The van der Waals surface area contributed by atoms with Crippen molar-refractivity contribution in [3.05, 3.63) is 68.0 Å². The number of ether oxygens (including phenoxy) is 1. The number of hydrogen-bond acceptors (Lipinski definition) is 5. The fraction of sp³-hybridized carbons (Fsp3) is 0.300. The van der Waals surface area contributed by atoms with Gasteiger partial charge in [-0.05, 0) is 19.4 Å². The summed E-state index contributed by atoms with van der Waals surface area (Å²) < 4.78 is 7.48. The van der Waals surface area contributed by atoms with Crippen molar-refractivity contribution < 1.29 is 9.53 Å². The van der Waals surface area contributed by atoms with Gasteiger partial charge < -0.3 is 10.1 Å². The molecule has 0 saturated heterocycles. The molecule has 0 aliphatic rings. The average Bonchev–Trinajstić information content (AvgIpc) is 2.68. The van der Waals surface area contributed by atoms with Crippen LogP contribution < -0.4 is 21.3 Å². The number of pyridine rings is 1. The molecule has 146 valence electrons. The summed E-state index contributed by atoms with van der Waals surface area (Å²) in [7, 11) is 2.96. The zero-order valence-corrected chi connectivity index (χ0v) is 16.3. The van der Waals surface area contributed by atoms with Gasteiger partial charge in [-0.15, -0.1) is 0 Å². The minimum absolute atomic E-state index is 0.177. The van der Waals surface area contributed by atoms with Crippen molar-refractivity contribution >= 4 is 16.9 Å². The molecule has 3 rings (SSSR count). The molecule has 3 aromatic rings. The molecule has 28 heavy (non-hydrogen) atoms. The van der Waals surface area contributed by atoms with E-state index in [2.05, 4.69) is 10.3 Å². The van der Waals surface area contributed by atoms with Gasteiger partial charge >= 0.3 is 5.69 Å². The lowest BCUT2D eigenvalue weighted by atomic mass is 10.1. The molecule has 0 unspecified atom stereocenters. The van der Waals surface area contributed by atoms with Crippen LogP contribution in [0.5, 0.6) is 5.75 Å². The number of carbonyl (C=O) groups excluding carboxylic acids is 1. The van der Waals surface area contributed by atoms with Crippen LogP contribution in [0, 0.1) is 13.8 Å². The SMILES string of the molecule is COc1c(C)cnc2c1c(=O)n(CC(=O)NCc1ccc(C)cc1)c(=O)n2C. The molecule has 8 heteroatoms. The van der Waals surface area contributed by atoms with Gasteiger partial charge in [-0.3, -0.25) is 14.2 Å². The van der Waals surface area contributed by atoms with Gasteiger partial charge in [0.2, 0.25) is 5.91 Å². The first-order valence-corrected chi connectivity index (χ1v) is 8.79. The monoisotopic (exact) mass is 382 g/mol. The maximum Gasteiger partial charge on any atom is 0.332 e. The first kappa shape index (κ1) is 19.3. The van der Waals surface area contributed by atoms with Crippen LogP contribution in [0.2, 0.25) is 0 Å². The number of carbonyl (C=O) groups is 1. The van der Waals surface area contributed by atoms with Gasteiger partial charge in [0, 0.05) is 25.4 Å². The second-order valence-corrected chi connectivity index (χ2v) is 6.67. The van der Waals surface area contributed by atoms with E-state index in [-0.39, 0.29) is 17.6 Å².